The molecule has 0 aliphatic heterocycles. The summed E-state index contributed by atoms with van der Waals surface area (Å²) >= 11 is 0. The normalized spacial score (nSPS) is 47.0. The lowest BCUT2D eigenvalue weighted by Gasteiger charge is -2.60. The van der Waals surface area contributed by atoms with Crippen LogP contribution in [0.25, 0.3) is 0 Å². The van der Waals surface area contributed by atoms with Gasteiger partial charge in [0.15, 0.2) is 0 Å². The lowest BCUT2D eigenvalue weighted by molar-refractivity contribution is -0.165. The van der Waals surface area contributed by atoms with Gasteiger partial charge in [0.2, 0.25) is 0 Å². The smallest absolute Gasteiger partial charge is 0.311 e. The minimum absolute atomic E-state index is 0.0177. The van der Waals surface area contributed by atoms with Gasteiger partial charge in [0.1, 0.15) is 0 Å². The van der Waals surface area contributed by atoms with Gasteiger partial charge >= 0.3 is 5.97 Å². The zero-order valence-corrected chi connectivity index (χ0v) is 16.9. The van der Waals surface area contributed by atoms with E-state index in [4.69, 9.17) is 9.47 Å². The Morgan fingerprint density at radius 2 is 2.08 bits per heavy atom. The van der Waals surface area contributed by atoms with Crippen molar-refractivity contribution >= 4 is 5.97 Å². The third-order valence-corrected chi connectivity index (χ3v) is 8.47. The van der Waals surface area contributed by atoms with E-state index in [0.717, 1.165) is 32.3 Å². The van der Waals surface area contributed by atoms with Crippen LogP contribution in [-0.2, 0) is 14.3 Å². The molecule has 3 fully saturated rings. The fourth-order valence-corrected chi connectivity index (χ4v) is 7.42. The van der Waals surface area contributed by atoms with E-state index >= 15 is 0 Å². The molecule has 3 saturated carbocycles. The van der Waals surface area contributed by atoms with Gasteiger partial charge in [-0.25, -0.2) is 0 Å². The Kier molecular flexibility index (Phi) is 4.19. The molecular formula is C23H34O3. The number of rotatable bonds is 3. The summed E-state index contributed by atoms with van der Waals surface area (Å²) < 4.78 is 11.4. The number of hydrogen-bond acceptors (Lipinski definition) is 3. The first-order chi connectivity index (χ1) is 12.3. The minimum atomic E-state index is -0.363. The van der Waals surface area contributed by atoms with Gasteiger partial charge in [-0.05, 0) is 69.1 Å². The van der Waals surface area contributed by atoms with E-state index in [1.54, 1.807) is 12.7 Å². The van der Waals surface area contributed by atoms with E-state index in [1.165, 1.54) is 24.8 Å². The zero-order chi connectivity index (χ0) is 18.7. The number of hydrogen-bond donors (Lipinski definition) is 0. The third-order valence-electron chi connectivity index (χ3n) is 8.47. The van der Waals surface area contributed by atoms with E-state index < -0.39 is 0 Å². The maximum absolute atomic E-state index is 12.7. The summed E-state index contributed by atoms with van der Waals surface area (Å²) in [5.74, 6) is 0.825. The van der Waals surface area contributed by atoms with Gasteiger partial charge in [-0.1, -0.05) is 37.1 Å². The number of fused-ring (bicyclic) bond motifs is 3. The molecule has 0 heterocycles. The number of ether oxygens (including phenoxy) is 2. The van der Waals surface area contributed by atoms with E-state index in [2.05, 4.69) is 33.4 Å². The van der Waals surface area contributed by atoms with Crippen LogP contribution in [0.15, 0.2) is 23.8 Å². The van der Waals surface area contributed by atoms with Crippen LogP contribution in [0.4, 0.5) is 0 Å². The van der Waals surface area contributed by atoms with Crippen molar-refractivity contribution in [1.82, 2.24) is 0 Å². The van der Waals surface area contributed by atoms with E-state index in [0.29, 0.717) is 11.8 Å². The van der Waals surface area contributed by atoms with Crippen LogP contribution in [0.3, 0.4) is 0 Å². The van der Waals surface area contributed by atoms with Crippen molar-refractivity contribution in [2.24, 2.45) is 28.1 Å². The highest BCUT2D eigenvalue weighted by atomic mass is 16.5. The number of allylic oxidation sites excluding steroid dienone is 1. The molecule has 0 unspecified atom stereocenters. The monoisotopic (exact) mass is 358 g/mol. The molecule has 0 aromatic rings. The molecule has 4 aliphatic carbocycles. The third kappa shape index (κ3) is 2.25. The van der Waals surface area contributed by atoms with Crippen molar-refractivity contribution in [3.63, 3.8) is 0 Å². The number of carbonyl (C=O) groups excluding carboxylic acids is 1. The second kappa shape index (κ2) is 5.95. The molecule has 3 nitrogen and oxygen atoms in total. The van der Waals surface area contributed by atoms with Crippen LogP contribution in [-0.4, -0.2) is 25.8 Å². The Balaban J connectivity index is 1.79. The molecule has 0 saturated heterocycles. The molecule has 26 heavy (non-hydrogen) atoms. The van der Waals surface area contributed by atoms with Gasteiger partial charge in [-0.3, -0.25) is 4.79 Å². The van der Waals surface area contributed by atoms with E-state index in [-0.39, 0.29) is 28.3 Å². The SMILES string of the molecule is C=C1C[C@@]23CC[C@@H]4[C@](C)(C(=O)OC)CCC[C@@]4(C)C2=C[C@@H](OCC)[C@@H]1C3. The zero-order valence-electron chi connectivity index (χ0n) is 16.9. The first kappa shape index (κ1) is 18.3. The summed E-state index contributed by atoms with van der Waals surface area (Å²) in [6.07, 6.45) is 10.5. The van der Waals surface area contributed by atoms with Crippen LogP contribution in [0.1, 0.15) is 65.7 Å². The first-order valence-corrected chi connectivity index (χ1v) is 10.4. The minimum Gasteiger partial charge on any atom is -0.469 e. The Morgan fingerprint density at radius 1 is 1.31 bits per heavy atom. The van der Waals surface area contributed by atoms with Gasteiger partial charge in [-0.2, -0.15) is 0 Å². The van der Waals surface area contributed by atoms with Crippen molar-refractivity contribution in [3.05, 3.63) is 23.8 Å². The average Bonchev–Trinajstić information content (AvgIpc) is 2.87. The summed E-state index contributed by atoms with van der Waals surface area (Å²) in [4.78, 5) is 12.7. The standard InChI is InChI=1S/C23H34O3/c1-6-26-17-12-19-21(3)9-7-10-22(4,20(24)25-5)18(21)8-11-23(19)13-15(2)16(17)14-23/h12,16-18H,2,6-11,13-14H2,1,3-5H3/t16-,17-,18+,21-,22-,23-/m1/s1. The Morgan fingerprint density at radius 3 is 2.77 bits per heavy atom. The van der Waals surface area contributed by atoms with Crippen LogP contribution >= 0.6 is 0 Å². The Labute approximate surface area is 158 Å². The molecule has 2 bridgehead atoms. The van der Waals surface area contributed by atoms with Crippen molar-refractivity contribution < 1.29 is 14.3 Å². The molecule has 6 atom stereocenters. The highest BCUT2D eigenvalue weighted by molar-refractivity contribution is 5.77. The van der Waals surface area contributed by atoms with Crippen LogP contribution in [0, 0.1) is 28.1 Å². The predicted molar refractivity (Wildman–Crippen MR) is 103 cm³/mol. The van der Waals surface area contributed by atoms with Gasteiger partial charge in [0.25, 0.3) is 0 Å². The van der Waals surface area contributed by atoms with Gasteiger partial charge < -0.3 is 9.47 Å². The lowest BCUT2D eigenvalue weighted by atomic mass is 9.44. The highest BCUT2D eigenvalue weighted by Crippen LogP contribution is 2.70. The van der Waals surface area contributed by atoms with Crippen LogP contribution in [0.5, 0.6) is 0 Å². The molecule has 0 amide bonds. The maximum Gasteiger partial charge on any atom is 0.311 e. The molecule has 3 heteroatoms. The molecular weight excluding hydrogens is 324 g/mol. The number of esters is 1. The molecule has 4 aliphatic rings. The summed E-state index contributed by atoms with van der Waals surface area (Å²) in [5.41, 5.74) is 2.95. The fraction of sp³-hybridized carbons (Fsp3) is 0.783. The van der Waals surface area contributed by atoms with Crippen molar-refractivity contribution in [2.75, 3.05) is 13.7 Å². The Bertz CT molecular complexity index is 664. The highest BCUT2D eigenvalue weighted by Gasteiger charge is 2.63. The molecule has 1 spiro atoms. The molecule has 0 N–H and O–H groups in total. The molecule has 0 aromatic heterocycles. The quantitative estimate of drug-likeness (QED) is 0.522. The van der Waals surface area contributed by atoms with E-state index in [9.17, 15) is 4.79 Å². The molecule has 0 aromatic carbocycles. The Hall–Kier alpha value is -1.09. The summed E-state index contributed by atoms with van der Waals surface area (Å²) in [5, 5.41) is 0. The number of methoxy groups -OCH3 is 1. The molecule has 0 radical (unpaired) electrons. The lowest BCUT2D eigenvalue weighted by Crippen LogP contribution is -2.55. The van der Waals surface area contributed by atoms with Gasteiger partial charge in [0.05, 0.1) is 18.6 Å². The van der Waals surface area contributed by atoms with E-state index in [1.807, 2.05) is 0 Å². The first-order valence-electron chi connectivity index (χ1n) is 10.4. The molecule has 144 valence electrons. The van der Waals surface area contributed by atoms with Crippen molar-refractivity contribution in [1.29, 1.82) is 0 Å². The second-order valence-electron chi connectivity index (χ2n) is 9.70. The second-order valence-corrected chi connectivity index (χ2v) is 9.70. The van der Waals surface area contributed by atoms with Gasteiger partial charge in [0, 0.05) is 12.5 Å². The topological polar surface area (TPSA) is 35.5 Å². The van der Waals surface area contributed by atoms with Crippen LogP contribution in [0.2, 0.25) is 0 Å². The maximum atomic E-state index is 12.7. The summed E-state index contributed by atoms with van der Waals surface area (Å²) in [6, 6.07) is 0. The average molecular weight is 359 g/mol. The molecule has 4 rings (SSSR count). The van der Waals surface area contributed by atoms with Crippen molar-refractivity contribution in [2.45, 2.75) is 71.8 Å². The number of carbonyl (C=O) groups is 1. The van der Waals surface area contributed by atoms with Gasteiger partial charge in [-0.15, -0.1) is 0 Å². The van der Waals surface area contributed by atoms with Crippen LogP contribution < -0.4 is 0 Å². The van der Waals surface area contributed by atoms with Crippen molar-refractivity contribution in [3.8, 4) is 0 Å². The summed E-state index contributed by atoms with van der Waals surface area (Å²) in [6.45, 7) is 11.8. The predicted octanol–water partition coefficient (Wildman–Crippen LogP) is 5.06. The largest absolute Gasteiger partial charge is 0.469 e. The summed E-state index contributed by atoms with van der Waals surface area (Å²) in [7, 11) is 1.54. The fourth-order valence-electron chi connectivity index (χ4n) is 7.42.